The molecule has 0 amide bonds. The van der Waals surface area contributed by atoms with Gasteiger partial charge in [0.25, 0.3) is 0 Å². The first-order valence-electron chi connectivity index (χ1n) is 7.53. The van der Waals surface area contributed by atoms with Gasteiger partial charge in [-0.25, -0.2) is 14.4 Å². The number of hydrogen-bond acceptors (Lipinski definition) is 5. The summed E-state index contributed by atoms with van der Waals surface area (Å²) in [5.74, 6) is 0.527. The number of H-pyrrole nitrogens is 1. The van der Waals surface area contributed by atoms with Gasteiger partial charge in [0.1, 0.15) is 11.6 Å². The van der Waals surface area contributed by atoms with Crippen LogP contribution in [0.3, 0.4) is 0 Å². The van der Waals surface area contributed by atoms with Crippen molar-refractivity contribution in [2.75, 3.05) is 12.8 Å². The number of nitrogens with one attached hydrogen (secondary N) is 1. The minimum Gasteiger partial charge on any atom is -0.494 e. The zero-order chi connectivity index (χ0) is 17.6. The molecular weight excluding hydrogens is 323 g/mol. The summed E-state index contributed by atoms with van der Waals surface area (Å²) in [5, 5.41) is 4.16. The summed E-state index contributed by atoms with van der Waals surface area (Å²) in [6.07, 6.45) is 5.31. The normalized spacial score (nSPS) is 11.2. The second-order valence-electron chi connectivity index (χ2n) is 5.65. The van der Waals surface area contributed by atoms with Gasteiger partial charge in [-0.2, -0.15) is 5.10 Å². The summed E-state index contributed by atoms with van der Waals surface area (Å²) in [4.78, 5) is 11.8. The molecule has 0 aliphatic heterocycles. The van der Waals surface area contributed by atoms with Crippen molar-refractivity contribution < 1.29 is 9.13 Å². The molecule has 4 rings (SSSR count). The topological polar surface area (TPSA) is 94.6 Å². The van der Waals surface area contributed by atoms with Gasteiger partial charge >= 0.3 is 0 Å². The molecule has 0 bridgehead atoms. The lowest BCUT2D eigenvalue weighted by molar-refractivity contribution is 0.387. The van der Waals surface area contributed by atoms with Gasteiger partial charge < -0.3 is 15.5 Å². The van der Waals surface area contributed by atoms with E-state index in [4.69, 9.17) is 10.5 Å². The van der Waals surface area contributed by atoms with Crippen LogP contribution in [0.5, 0.6) is 5.75 Å². The molecule has 126 valence electrons. The Balaban J connectivity index is 1.85. The predicted octanol–water partition coefficient (Wildman–Crippen LogP) is 2.76. The van der Waals surface area contributed by atoms with Crippen LogP contribution in [0.1, 0.15) is 0 Å². The van der Waals surface area contributed by atoms with E-state index in [1.165, 1.54) is 13.2 Å². The molecule has 0 fully saturated rings. The molecule has 3 heterocycles. The number of pyridine rings is 1. The van der Waals surface area contributed by atoms with Crippen LogP contribution in [-0.4, -0.2) is 31.8 Å². The summed E-state index contributed by atoms with van der Waals surface area (Å²) in [6, 6.07) is 4.77. The summed E-state index contributed by atoms with van der Waals surface area (Å²) >= 11 is 0. The number of hydrogen-bond donors (Lipinski definition) is 2. The van der Waals surface area contributed by atoms with E-state index in [1.54, 1.807) is 23.1 Å². The summed E-state index contributed by atoms with van der Waals surface area (Å²) in [7, 11) is 3.26. The molecule has 8 heteroatoms. The van der Waals surface area contributed by atoms with Crippen molar-refractivity contribution in [1.82, 2.24) is 24.7 Å². The largest absolute Gasteiger partial charge is 0.494 e. The molecule has 0 saturated carbocycles. The quantitative estimate of drug-likeness (QED) is 0.599. The fourth-order valence-electron chi connectivity index (χ4n) is 2.69. The molecule has 25 heavy (non-hydrogen) atoms. The monoisotopic (exact) mass is 338 g/mol. The lowest BCUT2D eigenvalue weighted by Gasteiger charge is -2.04. The van der Waals surface area contributed by atoms with Crippen molar-refractivity contribution in [3.05, 3.63) is 42.6 Å². The second-order valence-corrected chi connectivity index (χ2v) is 5.65. The number of nitrogens with zero attached hydrogens (tertiary/aromatic N) is 4. The molecule has 3 N–H and O–H groups in total. The molecule has 0 saturated heterocycles. The highest BCUT2D eigenvalue weighted by atomic mass is 19.1. The first kappa shape index (κ1) is 15.1. The highest BCUT2D eigenvalue weighted by Crippen LogP contribution is 2.30. The maximum absolute atomic E-state index is 13.9. The number of benzene rings is 1. The number of aromatic amines is 1. The molecule has 1 aromatic carbocycles. The average molecular weight is 338 g/mol. The van der Waals surface area contributed by atoms with Crippen LogP contribution in [0.2, 0.25) is 0 Å². The standard InChI is InChI=1S/C17H15FN6O/c1-24-8-10(7-21-24)9-3-11(16(19)20-6-9)17-22-13-4-12(18)15(25-2)5-14(13)23-17/h3-8H,1-2H3,(H2,19,20)(H,22,23). The van der Waals surface area contributed by atoms with Crippen molar-refractivity contribution in [3.63, 3.8) is 0 Å². The number of aryl methyl sites for hydroxylation is 1. The Bertz CT molecular complexity index is 1080. The number of nitrogens with two attached hydrogens (primary N) is 1. The highest BCUT2D eigenvalue weighted by Gasteiger charge is 2.14. The van der Waals surface area contributed by atoms with Crippen LogP contribution in [0, 0.1) is 5.82 Å². The molecule has 0 aliphatic rings. The summed E-state index contributed by atoms with van der Waals surface area (Å²) in [5.41, 5.74) is 9.58. The number of methoxy groups -OCH3 is 1. The second kappa shape index (κ2) is 5.59. The van der Waals surface area contributed by atoms with Crippen molar-refractivity contribution >= 4 is 16.9 Å². The number of fused-ring (bicyclic) bond motifs is 1. The number of aromatic nitrogens is 5. The molecule has 7 nitrogen and oxygen atoms in total. The third-order valence-electron chi connectivity index (χ3n) is 3.97. The molecule has 0 aliphatic carbocycles. The van der Waals surface area contributed by atoms with E-state index in [-0.39, 0.29) is 5.75 Å². The predicted molar refractivity (Wildman–Crippen MR) is 92.4 cm³/mol. The highest BCUT2D eigenvalue weighted by molar-refractivity contribution is 5.84. The average Bonchev–Trinajstić information content (AvgIpc) is 3.20. The number of ether oxygens (including phenoxy) is 1. The number of nitrogen functional groups attached to an aromatic ring is 1. The van der Waals surface area contributed by atoms with Gasteiger partial charge in [0.2, 0.25) is 0 Å². The van der Waals surface area contributed by atoms with Gasteiger partial charge in [-0.15, -0.1) is 0 Å². The summed E-state index contributed by atoms with van der Waals surface area (Å²) < 4.78 is 20.6. The molecule has 0 atom stereocenters. The fourth-order valence-corrected chi connectivity index (χ4v) is 2.69. The molecule has 0 unspecified atom stereocenters. The van der Waals surface area contributed by atoms with Crippen LogP contribution in [0.25, 0.3) is 33.5 Å². The number of halogens is 1. The van der Waals surface area contributed by atoms with E-state index in [9.17, 15) is 4.39 Å². The van der Waals surface area contributed by atoms with E-state index in [2.05, 4.69) is 20.1 Å². The lowest BCUT2D eigenvalue weighted by Crippen LogP contribution is -1.95. The number of anilines is 1. The first-order chi connectivity index (χ1) is 12.0. The van der Waals surface area contributed by atoms with E-state index >= 15 is 0 Å². The Morgan fingerprint density at radius 2 is 2.04 bits per heavy atom. The van der Waals surface area contributed by atoms with Crippen LogP contribution in [0.4, 0.5) is 10.2 Å². The minimum absolute atomic E-state index is 0.140. The third-order valence-corrected chi connectivity index (χ3v) is 3.97. The van der Waals surface area contributed by atoms with Gasteiger partial charge in [0.05, 0.1) is 29.9 Å². The zero-order valence-corrected chi connectivity index (χ0v) is 13.6. The smallest absolute Gasteiger partial charge is 0.167 e. The molecule has 0 spiro atoms. The minimum atomic E-state index is -0.458. The number of rotatable bonds is 3. The Morgan fingerprint density at radius 3 is 2.76 bits per heavy atom. The van der Waals surface area contributed by atoms with Gasteiger partial charge in [-0.3, -0.25) is 4.68 Å². The Labute approximate surface area is 142 Å². The van der Waals surface area contributed by atoms with Crippen molar-refractivity contribution in [2.45, 2.75) is 0 Å². The molecule has 0 radical (unpaired) electrons. The van der Waals surface area contributed by atoms with Crippen LogP contribution in [-0.2, 0) is 7.05 Å². The number of imidazole rings is 1. The van der Waals surface area contributed by atoms with E-state index in [1.807, 2.05) is 19.3 Å². The lowest BCUT2D eigenvalue weighted by atomic mass is 10.1. The Morgan fingerprint density at radius 1 is 1.20 bits per heavy atom. The first-order valence-corrected chi connectivity index (χ1v) is 7.53. The van der Waals surface area contributed by atoms with Crippen LogP contribution >= 0.6 is 0 Å². The van der Waals surface area contributed by atoms with E-state index < -0.39 is 5.82 Å². The maximum Gasteiger partial charge on any atom is 0.167 e. The summed E-state index contributed by atoms with van der Waals surface area (Å²) in [6.45, 7) is 0. The SMILES string of the molecule is COc1cc2nc(-c3cc(-c4cnn(C)c4)cnc3N)[nH]c2cc1F. The van der Waals surface area contributed by atoms with Crippen LogP contribution in [0.15, 0.2) is 36.8 Å². The van der Waals surface area contributed by atoms with Crippen molar-refractivity contribution in [3.8, 4) is 28.3 Å². The fraction of sp³-hybridized carbons (Fsp3) is 0.118. The van der Waals surface area contributed by atoms with Crippen LogP contribution < -0.4 is 10.5 Å². The molecule has 3 aromatic heterocycles. The third kappa shape index (κ3) is 2.57. The maximum atomic E-state index is 13.9. The Hall–Kier alpha value is -3.42. The van der Waals surface area contributed by atoms with E-state index in [0.717, 1.165) is 11.1 Å². The van der Waals surface area contributed by atoms with Gasteiger partial charge in [0, 0.05) is 42.7 Å². The van der Waals surface area contributed by atoms with Gasteiger partial charge in [-0.05, 0) is 6.07 Å². The molecular formula is C17H15FN6O. The zero-order valence-electron chi connectivity index (χ0n) is 13.6. The Kier molecular flexibility index (Phi) is 3.38. The van der Waals surface area contributed by atoms with E-state index in [0.29, 0.717) is 28.2 Å². The van der Waals surface area contributed by atoms with Gasteiger partial charge in [-0.1, -0.05) is 0 Å². The van der Waals surface area contributed by atoms with Crippen molar-refractivity contribution in [1.29, 1.82) is 0 Å². The van der Waals surface area contributed by atoms with Crippen molar-refractivity contribution in [2.24, 2.45) is 7.05 Å². The van der Waals surface area contributed by atoms with Gasteiger partial charge in [0.15, 0.2) is 11.6 Å². The molecule has 4 aromatic rings.